The molecule has 1 N–H and O–H groups in total. The summed E-state index contributed by atoms with van der Waals surface area (Å²) >= 11 is 0. The summed E-state index contributed by atoms with van der Waals surface area (Å²) in [5.41, 5.74) is 2.73. The Labute approximate surface area is 246 Å². The van der Waals surface area contributed by atoms with Crippen LogP contribution < -0.4 is 15.0 Å². The van der Waals surface area contributed by atoms with Crippen LogP contribution in [0.25, 0.3) is 0 Å². The molecule has 0 aromatic heterocycles. The molecule has 2 aromatic rings. The summed E-state index contributed by atoms with van der Waals surface area (Å²) in [6.45, 7) is 15.7. The molecule has 2 saturated heterocycles. The maximum atomic E-state index is 13.9. The van der Waals surface area contributed by atoms with Crippen LogP contribution in [0, 0.1) is 5.92 Å². The van der Waals surface area contributed by atoms with Crippen molar-refractivity contribution >= 4 is 17.5 Å². The Morgan fingerprint density at radius 2 is 1.66 bits per heavy atom. The number of ether oxygens (including phenoxy) is 1. The van der Waals surface area contributed by atoms with Crippen molar-refractivity contribution in [3.05, 3.63) is 59.7 Å². The molecular weight excluding hydrogens is 512 g/mol. The van der Waals surface area contributed by atoms with Crippen molar-refractivity contribution in [2.24, 2.45) is 5.92 Å². The minimum absolute atomic E-state index is 0.0150. The van der Waals surface area contributed by atoms with Gasteiger partial charge in [-0.25, -0.2) is 0 Å². The van der Waals surface area contributed by atoms with E-state index in [9.17, 15) is 9.59 Å². The first-order valence-corrected chi connectivity index (χ1v) is 15.5. The standard InChI is InChI=1S/C34H48N4O3/c1-33(2,3)27-13-11-25(12-14-27)23-38(28-15-16-28)31(39)26-8-7-19-37(24-26)29-9-6-10-30(22-29)41-34(4,5)32(40)36-20-17-35-18-21-36/h6,9-14,22,26,28,35H,7-8,15-21,23-24H2,1-5H3/t26-/m1/s1. The lowest BCUT2D eigenvalue weighted by Crippen LogP contribution is -2.54. The van der Waals surface area contributed by atoms with Gasteiger partial charge in [0.15, 0.2) is 5.60 Å². The van der Waals surface area contributed by atoms with E-state index in [1.807, 2.05) is 36.9 Å². The monoisotopic (exact) mass is 560 g/mol. The number of carbonyl (C=O) groups is 2. The smallest absolute Gasteiger partial charge is 0.266 e. The molecule has 41 heavy (non-hydrogen) atoms. The lowest BCUT2D eigenvalue weighted by Gasteiger charge is -2.37. The molecule has 1 saturated carbocycles. The minimum atomic E-state index is -0.952. The van der Waals surface area contributed by atoms with E-state index in [0.717, 1.165) is 51.0 Å². The zero-order valence-electron chi connectivity index (χ0n) is 25.6. The normalized spacial score (nSPS) is 20.1. The number of piperidine rings is 1. The third kappa shape index (κ3) is 7.24. The van der Waals surface area contributed by atoms with Crippen LogP contribution in [-0.2, 0) is 21.5 Å². The maximum Gasteiger partial charge on any atom is 0.266 e. The Morgan fingerprint density at radius 3 is 2.32 bits per heavy atom. The van der Waals surface area contributed by atoms with Gasteiger partial charge in [-0.2, -0.15) is 0 Å². The van der Waals surface area contributed by atoms with Gasteiger partial charge in [-0.05, 0) is 68.2 Å². The van der Waals surface area contributed by atoms with E-state index in [4.69, 9.17) is 4.74 Å². The third-order valence-corrected chi connectivity index (χ3v) is 8.69. The number of benzene rings is 2. The van der Waals surface area contributed by atoms with Crippen molar-refractivity contribution in [1.82, 2.24) is 15.1 Å². The van der Waals surface area contributed by atoms with Crippen LogP contribution in [0.15, 0.2) is 48.5 Å². The fourth-order valence-corrected chi connectivity index (χ4v) is 6.06. The lowest BCUT2D eigenvalue weighted by molar-refractivity contribution is -0.146. The minimum Gasteiger partial charge on any atom is -0.478 e. The van der Waals surface area contributed by atoms with Gasteiger partial charge < -0.3 is 24.8 Å². The van der Waals surface area contributed by atoms with E-state index in [1.54, 1.807) is 0 Å². The molecular formula is C34H48N4O3. The largest absolute Gasteiger partial charge is 0.478 e. The molecule has 0 radical (unpaired) electrons. The van der Waals surface area contributed by atoms with E-state index < -0.39 is 5.60 Å². The Hall–Kier alpha value is -3.06. The first-order valence-electron chi connectivity index (χ1n) is 15.5. The Morgan fingerprint density at radius 1 is 0.951 bits per heavy atom. The van der Waals surface area contributed by atoms with Crippen LogP contribution in [0.5, 0.6) is 5.75 Å². The molecule has 1 aliphatic carbocycles. The van der Waals surface area contributed by atoms with Crippen molar-refractivity contribution in [2.45, 2.75) is 83.9 Å². The number of hydrogen-bond acceptors (Lipinski definition) is 5. The number of carbonyl (C=O) groups excluding carboxylic acids is 2. The zero-order valence-corrected chi connectivity index (χ0v) is 25.6. The predicted octanol–water partition coefficient (Wildman–Crippen LogP) is 4.98. The van der Waals surface area contributed by atoms with E-state index in [1.165, 1.54) is 11.1 Å². The van der Waals surface area contributed by atoms with E-state index in [-0.39, 0.29) is 23.1 Å². The highest BCUT2D eigenvalue weighted by atomic mass is 16.5. The Kier molecular flexibility index (Phi) is 8.65. The summed E-state index contributed by atoms with van der Waals surface area (Å²) < 4.78 is 6.28. The molecule has 5 rings (SSSR count). The van der Waals surface area contributed by atoms with Crippen LogP contribution in [0.1, 0.15) is 71.4 Å². The highest BCUT2D eigenvalue weighted by molar-refractivity contribution is 5.85. The molecule has 2 amide bonds. The number of amides is 2. The number of nitrogens with zero attached hydrogens (tertiary/aromatic N) is 3. The molecule has 3 aliphatic rings. The molecule has 2 aromatic carbocycles. The topological polar surface area (TPSA) is 65.1 Å². The van der Waals surface area contributed by atoms with Crippen molar-refractivity contribution < 1.29 is 14.3 Å². The molecule has 0 bridgehead atoms. The molecule has 2 heterocycles. The lowest BCUT2D eigenvalue weighted by atomic mass is 9.86. The highest BCUT2D eigenvalue weighted by Gasteiger charge is 2.38. The summed E-state index contributed by atoms with van der Waals surface area (Å²) in [4.78, 5) is 33.4. The second-order valence-electron chi connectivity index (χ2n) is 13.6. The number of anilines is 1. The fourth-order valence-electron chi connectivity index (χ4n) is 6.06. The summed E-state index contributed by atoms with van der Waals surface area (Å²) in [6.07, 6.45) is 4.10. The number of rotatable bonds is 8. The van der Waals surface area contributed by atoms with Gasteiger partial charge in [0.1, 0.15) is 5.75 Å². The van der Waals surface area contributed by atoms with Gasteiger partial charge in [-0.15, -0.1) is 0 Å². The second-order valence-corrected chi connectivity index (χ2v) is 13.6. The Balaban J connectivity index is 1.24. The molecule has 7 nitrogen and oxygen atoms in total. The van der Waals surface area contributed by atoms with Crippen LogP contribution >= 0.6 is 0 Å². The predicted molar refractivity (Wildman–Crippen MR) is 164 cm³/mol. The molecule has 0 unspecified atom stereocenters. The van der Waals surface area contributed by atoms with Crippen LogP contribution in [0.3, 0.4) is 0 Å². The van der Waals surface area contributed by atoms with Crippen LogP contribution in [-0.4, -0.2) is 72.5 Å². The maximum absolute atomic E-state index is 13.9. The average molecular weight is 561 g/mol. The van der Waals surface area contributed by atoms with Gasteiger partial charge in [-0.1, -0.05) is 51.1 Å². The molecule has 7 heteroatoms. The molecule has 1 atom stereocenters. The van der Waals surface area contributed by atoms with Crippen molar-refractivity contribution in [2.75, 3.05) is 44.2 Å². The van der Waals surface area contributed by atoms with Gasteiger partial charge in [0.05, 0.1) is 5.92 Å². The fraction of sp³-hybridized carbons (Fsp3) is 0.588. The molecule has 0 spiro atoms. The number of nitrogens with one attached hydrogen (secondary N) is 1. The summed E-state index contributed by atoms with van der Waals surface area (Å²) in [5.74, 6) is 0.963. The quantitative estimate of drug-likeness (QED) is 0.493. The van der Waals surface area contributed by atoms with Crippen molar-refractivity contribution in [3.63, 3.8) is 0 Å². The van der Waals surface area contributed by atoms with E-state index >= 15 is 0 Å². The Bertz CT molecular complexity index is 1210. The van der Waals surface area contributed by atoms with Gasteiger partial charge in [0, 0.05) is 63.6 Å². The summed E-state index contributed by atoms with van der Waals surface area (Å²) in [6, 6.07) is 17.2. The van der Waals surface area contributed by atoms with Crippen molar-refractivity contribution in [1.29, 1.82) is 0 Å². The first-order chi connectivity index (χ1) is 19.5. The van der Waals surface area contributed by atoms with Gasteiger partial charge in [0.25, 0.3) is 5.91 Å². The highest BCUT2D eigenvalue weighted by Crippen LogP contribution is 2.34. The molecule has 2 aliphatic heterocycles. The molecule has 222 valence electrons. The van der Waals surface area contributed by atoms with E-state index in [0.29, 0.717) is 38.0 Å². The number of hydrogen-bond donors (Lipinski definition) is 1. The summed E-state index contributed by atoms with van der Waals surface area (Å²) in [7, 11) is 0. The van der Waals surface area contributed by atoms with Crippen LogP contribution in [0.2, 0.25) is 0 Å². The zero-order chi connectivity index (χ0) is 29.2. The second kappa shape index (κ2) is 12.0. The third-order valence-electron chi connectivity index (χ3n) is 8.69. The van der Waals surface area contributed by atoms with Crippen molar-refractivity contribution in [3.8, 4) is 5.75 Å². The van der Waals surface area contributed by atoms with E-state index in [2.05, 4.69) is 66.2 Å². The summed E-state index contributed by atoms with van der Waals surface area (Å²) in [5, 5.41) is 3.29. The van der Waals surface area contributed by atoms with Gasteiger partial charge >= 0.3 is 0 Å². The SMILES string of the molecule is CC(C)(Oc1cccc(N2CCC[C@@H](C(=O)N(Cc3ccc(C(C)(C)C)cc3)C3CC3)C2)c1)C(=O)N1CCNCC1. The van der Waals surface area contributed by atoms with Crippen LogP contribution in [0.4, 0.5) is 5.69 Å². The van der Waals surface area contributed by atoms with Gasteiger partial charge in [-0.3, -0.25) is 9.59 Å². The van der Waals surface area contributed by atoms with Gasteiger partial charge in [0.2, 0.25) is 5.91 Å². The average Bonchev–Trinajstić information content (AvgIpc) is 3.81. The first kappa shape index (κ1) is 29.4. The number of piperazine rings is 1. The molecule has 3 fully saturated rings.